The van der Waals surface area contributed by atoms with E-state index < -0.39 is 17.4 Å². The van der Waals surface area contributed by atoms with Crippen molar-refractivity contribution >= 4 is 5.91 Å². The molecule has 1 saturated heterocycles. The molecule has 0 unspecified atom stereocenters. The summed E-state index contributed by atoms with van der Waals surface area (Å²) in [5, 5.41) is 0. The van der Waals surface area contributed by atoms with Crippen LogP contribution < -0.4 is 9.47 Å². The van der Waals surface area contributed by atoms with Gasteiger partial charge in [-0.25, -0.2) is 0 Å². The van der Waals surface area contributed by atoms with Crippen LogP contribution in [0.4, 0.5) is 8.78 Å². The van der Waals surface area contributed by atoms with E-state index in [2.05, 4.69) is 0 Å². The Hall–Kier alpha value is -1.89. The van der Waals surface area contributed by atoms with Crippen LogP contribution >= 0.6 is 0 Å². The molecule has 1 aromatic carbocycles. The van der Waals surface area contributed by atoms with Crippen LogP contribution in [0.2, 0.25) is 0 Å². The van der Waals surface area contributed by atoms with Crippen LogP contribution in [0.25, 0.3) is 0 Å². The summed E-state index contributed by atoms with van der Waals surface area (Å²) in [6, 6.07) is 3.64. The summed E-state index contributed by atoms with van der Waals surface area (Å²) in [4.78, 5) is 13.1. The average molecular weight is 301 g/mol. The molecule has 116 valence electrons. The molecule has 0 N–H and O–H groups in total. The molecule has 1 aromatic rings. The number of hydrogen-bond donors (Lipinski definition) is 0. The minimum absolute atomic E-state index is 0.157. The van der Waals surface area contributed by atoms with Crippen molar-refractivity contribution in [1.29, 1.82) is 0 Å². The van der Waals surface area contributed by atoms with Gasteiger partial charge in [-0.2, -0.15) is 8.78 Å². The van der Waals surface area contributed by atoms with Crippen molar-refractivity contribution < 1.29 is 27.8 Å². The lowest BCUT2D eigenvalue weighted by Crippen LogP contribution is -2.47. The molecule has 1 aliphatic heterocycles. The predicted octanol–water partition coefficient (Wildman–Crippen LogP) is 1.65. The minimum Gasteiger partial charge on any atom is -0.493 e. The van der Waals surface area contributed by atoms with Gasteiger partial charge in [0.1, 0.15) is 0 Å². The second kappa shape index (κ2) is 6.26. The van der Waals surface area contributed by atoms with Crippen molar-refractivity contribution in [1.82, 2.24) is 4.90 Å². The molecule has 0 spiro atoms. The van der Waals surface area contributed by atoms with Gasteiger partial charge in [0.05, 0.1) is 27.4 Å². The Labute approximate surface area is 121 Å². The molecule has 0 radical (unpaired) electrons. The smallest absolute Gasteiger partial charge is 0.350 e. The van der Waals surface area contributed by atoms with Gasteiger partial charge < -0.3 is 19.1 Å². The maximum absolute atomic E-state index is 14.4. The number of halogens is 2. The number of methoxy groups -OCH3 is 2. The molecule has 0 bridgehead atoms. The Morgan fingerprint density at radius 3 is 2.38 bits per heavy atom. The van der Waals surface area contributed by atoms with Gasteiger partial charge in [-0.1, -0.05) is 0 Å². The highest BCUT2D eigenvalue weighted by Gasteiger charge is 2.44. The number of amides is 1. The molecule has 2 rings (SSSR count). The van der Waals surface area contributed by atoms with Crippen LogP contribution in [0.15, 0.2) is 18.2 Å². The van der Waals surface area contributed by atoms with Crippen LogP contribution in [0.5, 0.6) is 11.5 Å². The zero-order chi connectivity index (χ0) is 15.5. The van der Waals surface area contributed by atoms with Crippen molar-refractivity contribution in [2.75, 3.05) is 40.5 Å². The van der Waals surface area contributed by atoms with E-state index in [1.54, 1.807) is 0 Å². The molecule has 7 heteroatoms. The van der Waals surface area contributed by atoms with E-state index in [-0.39, 0.29) is 32.1 Å². The Morgan fingerprint density at radius 2 is 1.81 bits per heavy atom. The van der Waals surface area contributed by atoms with Crippen molar-refractivity contribution in [3.8, 4) is 11.5 Å². The highest BCUT2D eigenvalue weighted by atomic mass is 19.3. The molecule has 1 aliphatic rings. The number of carbonyl (C=O) groups excluding carboxylic acids is 1. The van der Waals surface area contributed by atoms with E-state index in [1.165, 1.54) is 26.4 Å². The summed E-state index contributed by atoms with van der Waals surface area (Å²) in [7, 11) is 2.76. The summed E-state index contributed by atoms with van der Waals surface area (Å²) in [6.07, 6.45) is 0. The molecule has 1 heterocycles. The van der Waals surface area contributed by atoms with Gasteiger partial charge in [0.25, 0.3) is 5.91 Å². The molecule has 1 amide bonds. The number of nitrogens with zero attached hydrogens (tertiary/aromatic N) is 1. The Kier molecular flexibility index (Phi) is 4.62. The van der Waals surface area contributed by atoms with E-state index in [4.69, 9.17) is 14.2 Å². The number of carbonyl (C=O) groups is 1. The Morgan fingerprint density at radius 1 is 1.19 bits per heavy atom. The molecule has 0 saturated carbocycles. The zero-order valence-corrected chi connectivity index (χ0v) is 11.9. The third-order valence-corrected chi connectivity index (χ3v) is 3.31. The maximum Gasteiger partial charge on any atom is 0.350 e. The first-order valence-electron chi connectivity index (χ1n) is 6.48. The van der Waals surface area contributed by atoms with Crippen LogP contribution in [-0.2, 0) is 15.5 Å². The standard InChI is InChI=1S/C14H17F2NO4/c1-19-11-4-3-10(9-12(11)20-2)14(15,16)13(18)17-5-7-21-8-6-17/h3-4,9H,5-8H2,1-2H3. The predicted molar refractivity (Wildman–Crippen MR) is 70.8 cm³/mol. The molecule has 0 aliphatic carbocycles. The number of rotatable bonds is 4. The number of hydrogen-bond acceptors (Lipinski definition) is 4. The average Bonchev–Trinajstić information content (AvgIpc) is 2.54. The van der Waals surface area contributed by atoms with Crippen molar-refractivity contribution in [2.24, 2.45) is 0 Å². The van der Waals surface area contributed by atoms with Crippen LogP contribution in [0.1, 0.15) is 5.56 Å². The first-order chi connectivity index (χ1) is 10.0. The highest BCUT2D eigenvalue weighted by molar-refractivity contribution is 5.85. The van der Waals surface area contributed by atoms with E-state index in [1.807, 2.05) is 0 Å². The summed E-state index contributed by atoms with van der Waals surface area (Å²) in [5.41, 5.74) is -0.420. The molecule has 1 fully saturated rings. The lowest BCUT2D eigenvalue weighted by Gasteiger charge is -2.30. The lowest BCUT2D eigenvalue weighted by atomic mass is 10.1. The van der Waals surface area contributed by atoms with Crippen molar-refractivity contribution in [3.05, 3.63) is 23.8 Å². The first kappa shape index (κ1) is 15.5. The zero-order valence-electron chi connectivity index (χ0n) is 11.9. The second-order valence-corrected chi connectivity index (χ2v) is 4.55. The molecule has 21 heavy (non-hydrogen) atoms. The lowest BCUT2D eigenvalue weighted by molar-refractivity contribution is -0.163. The van der Waals surface area contributed by atoms with Gasteiger partial charge in [-0.3, -0.25) is 4.79 Å². The Bertz CT molecular complexity index is 516. The Balaban J connectivity index is 2.27. The molecular formula is C14H17F2NO4. The van der Waals surface area contributed by atoms with Crippen LogP contribution in [0, 0.1) is 0 Å². The summed E-state index contributed by atoms with van der Waals surface area (Å²) >= 11 is 0. The topological polar surface area (TPSA) is 48.0 Å². The number of benzene rings is 1. The molecular weight excluding hydrogens is 284 g/mol. The maximum atomic E-state index is 14.4. The van der Waals surface area contributed by atoms with E-state index in [0.717, 1.165) is 11.0 Å². The monoisotopic (exact) mass is 301 g/mol. The van der Waals surface area contributed by atoms with Gasteiger partial charge in [0.15, 0.2) is 11.5 Å². The van der Waals surface area contributed by atoms with E-state index >= 15 is 0 Å². The quantitative estimate of drug-likeness (QED) is 0.848. The number of alkyl halides is 2. The summed E-state index contributed by atoms with van der Waals surface area (Å²) < 4.78 is 43.8. The van der Waals surface area contributed by atoms with Crippen molar-refractivity contribution in [2.45, 2.75) is 5.92 Å². The van der Waals surface area contributed by atoms with Crippen LogP contribution in [0.3, 0.4) is 0 Å². The van der Waals surface area contributed by atoms with Gasteiger partial charge >= 0.3 is 5.92 Å². The normalized spacial score (nSPS) is 15.7. The van der Waals surface area contributed by atoms with E-state index in [0.29, 0.717) is 5.75 Å². The van der Waals surface area contributed by atoms with Crippen molar-refractivity contribution in [3.63, 3.8) is 0 Å². The first-order valence-corrected chi connectivity index (χ1v) is 6.48. The largest absolute Gasteiger partial charge is 0.493 e. The molecule has 0 aromatic heterocycles. The van der Waals surface area contributed by atoms with E-state index in [9.17, 15) is 13.6 Å². The fourth-order valence-corrected chi connectivity index (χ4v) is 2.12. The number of ether oxygens (including phenoxy) is 3. The van der Waals surface area contributed by atoms with Crippen LogP contribution in [-0.4, -0.2) is 51.3 Å². The molecule has 0 atom stereocenters. The third-order valence-electron chi connectivity index (χ3n) is 3.31. The molecule has 5 nitrogen and oxygen atoms in total. The van der Waals surface area contributed by atoms with Gasteiger partial charge in [-0.15, -0.1) is 0 Å². The van der Waals surface area contributed by atoms with Gasteiger partial charge in [0, 0.05) is 18.7 Å². The fourth-order valence-electron chi connectivity index (χ4n) is 2.12. The number of morpholine rings is 1. The SMILES string of the molecule is COc1ccc(C(F)(F)C(=O)N2CCOCC2)cc1OC. The third kappa shape index (κ3) is 3.07. The van der Waals surface area contributed by atoms with Gasteiger partial charge in [-0.05, 0) is 18.2 Å². The second-order valence-electron chi connectivity index (χ2n) is 4.55. The summed E-state index contributed by atoms with van der Waals surface area (Å²) in [5.74, 6) is -4.35. The highest BCUT2D eigenvalue weighted by Crippen LogP contribution is 2.36. The minimum atomic E-state index is -3.61. The summed E-state index contributed by atoms with van der Waals surface area (Å²) in [6.45, 7) is 0.880. The fraction of sp³-hybridized carbons (Fsp3) is 0.500. The van der Waals surface area contributed by atoms with Gasteiger partial charge in [0.2, 0.25) is 0 Å².